The van der Waals surface area contributed by atoms with Crippen LogP contribution in [0.3, 0.4) is 0 Å². The Bertz CT molecular complexity index is 1900. The number of hydrogen-bond acceptors (Lipinski definition) is 12. The van der Waals surface area contributed by atoms with Crippen molar-refractivity contribution in [1.29, 1.82) is 0 Å². The van der Waals surface area contributed by atoms with Crippen molar-refractivity contribution in [3.8, 4) is 5.75 Å². The molecule has 0 aliphatic heterocycles. The summed E-state index contributed by atoms with van der Waals surface area (Å²) >= 11 is 0. The molecule has 0 aliphatic rings. The largest absolute Gasteiger partial charge is 1.00 e. The molecule has 15 nitrogen and oxygen atoms in total. The molecule has 4 rings (SSSR count). The summed E-state index contributed by atoms with van der Waals surface area (Å²) in [5, 5.41) is 36.8. The quantitative estimate of drug-likeness (QED) is 0.0606. The van der Waals surface area contributed by atoms with Crippen molar-refractivity contribution in [2.45, 2.75) is 9.79 Å². The summed E-state index contributed by atoms with van der Waals surface area (Å²) in [7, 11) is -9.28. The minimum absolute atomic E-state index is 0. The van der Waals surface area contributed by atoms with Gasteiger partial charge in [-0.15, -0.1) is 10.2 Å². The molecular weight excluding hydrogens is 579 g/mol. The van der Waals surface area contributed by atoms with Gasteiger partial charge in [0, 0.05) is 17.5 Å². The molecule has 0 aromatic heterocycles. The average Bonchev–Trinajstić information content (AvgIpc) is 2.87. The minimum atomic E-state index is -4.84. The van der Waals surface area contributed by atoms with Gasteiger partial charge in [0.25, 0.3) is 25.9 Å². The van der Waals surface area contributed by atoms with Crippen molar-refractivity contribution in [3.63, 3.8) is 0 Å². The van der Waals surface area contributed by atoms with E-state index in [9.17, 15) is 36.6 Å². The first kappa shape index (κ1) is 30.7. The molecule has 0 spiro atoms. The number of fused-ring (bicyclic) bond motifs is 1. The van der Waals surface area contributed by atoms with E-state index in [1.54, 1.807) is 0 Å². The van der Waals surface area contributed by atoms with Crippen LogP contribution >= 0.6 is 0 Å². The molecule has 4 aromatic rings. The number of nitrogens with two attached hydrogens (primary N) is 1. The molecule has 0 saturated heterocycles. The molecule has 0 saturated carbocycles. The fourth-order valence-corrected chi connectivity index (χ4v) is 4.58. The molecule has 18 heteroatoms. The fourth-order valence-electron chi connectivity index (χ4n) is 3.39. The Balaban J connectivity index is 0.00000441. The molecule has 0 fully saturated rings. The molecule has 0 radical (unpaired) electrons. The predicted molar refractivity (Wildman–Crippen MR) is 138 cm³/mol. The van der Waals surface area contributed by atoms with E-state index in [1.165, 1.54) is 48.5 Å². The third-order valence-electron chi connectivity index (χ3n) is 5.25. The molecule has 5 N–H and O–H groups in total. The van der Waals surface area contributed by atoms with Gasteiger partial charge in [0.2, 0.25) is 0 Å². The molecular formula is C22H16N6NaO9S2+. The Morgan fingerprint density at radius 1 is 0.750 bits per heavy atom. The van der Waals surface area contributed by atoms with Gasteiger partial charge in [-0.1, -0.05) is 6.07 Å². The van der Waals surface area contributed by atoms with Crippen LogP contribution < -0.4 is 35.3 Å². The number of hydrogen-bond donors (Lipinski definition) is 4. The van der Waals surface area contributed by atoms with Gasteiger partial charge in [0.05, 0.1) is 32.3 Å². The van der Waals surface area contributed by atoms with Crippen LogP contribution in [-0.4, -0.2) is 36.0 Å². The topological polar surface area (TPSA) is 248 Å². The van der Waals surface area contributed by atoms with E-state index >= 15 is 0 Å². The molecule has 0 heterocycles. The Morgan fingerprint density at radius 2 is 1.27 bits per heavy atom. The summed E-state index contributed by atoms with van der Waals surface area (Å²) in [6.45, 7) is 0. The maximum absolute atomic E-state index is 12.1. The number of anilines is 1. The standard InChI is InChI=1S/C22H16N6O9S2.Na/c23-21-18(27-25-13-3-7-15(8-4-13)38(32,33)34)11-19(39(35,36)37)16-9-10-17(22(29)20(16)21)26-24-12-1-5-14(6-2-12)28(30)31;/h1-11,29H,23H2,(H,32,33,34)(H,35,36,37);/q;+1. The first-order valence-electron chi connectivity index (χ1n) is 10.5. The van der Waals surface area contributed by atoms with Crippen molar-refractivity contribution < 1.29 is 65.5 Å². The van der Waals surface area contributed by atoms with Crippen molar-refractivity contribution in [2.24, 2.45) is 20.5 Å². The number of aromatic hydroxyl groups is 1. The van der Waals surface area contributed by atoms with Gasteiger partial charge in [-0.3, -0.25) is 19.2 Å². The molecule has 200 valence electrons. The van der Waals surface area contributed by atoms with Crippen LogP contribution in [0.1, 0.15) is 0 Å². The van der Waals surface area contributed by atoms with E-state index in [2.05, 4.69) is 20.5 Å². The summed E-state index contributed by atoms with van der Waals surface area (Å²) in [5.74, 6) is -0.602. The van der Waals surface area contributed by atoms with Gasteiger partial charge >= 0.3 is 29.6 Å². The van der Waals surface area contributed by atoms with Crippen LogP contribution in [0.5, 0.6) is 5.75 Å². The van der Waals surface area contributed by atoms with E-state index in [-0.39, 0.29) is 79.3 Å². The number of azo groups is 2. The van der Waals surface area contributed by atoms with Gasteiger partial charge in [-0.2, -0.15) is 27.1 Å². The molecule has 0 amide bonds. The van der Waals surface area contributed by atoms with Crippen LogP contribution in [0.2, 0.25) is 0 Å². The number of nitro groups is 1. The Labute approximate surface area is 248 Å². The monoisotopic (exact) mass is 595 g/mol. The SMILES string of the molecule is Nc1c(N=Nc2ccc(S(=O)(=O)O)cc2)cc(S(=O)(=O)O)c2ccc(N=Nc3ccc([N+](=O)[O-])cc3)c(O)c12.[Na+]. The van der Waals surface area contributed by atoms with Crippen LogP contribution in [0.4, 0.5) is 34.1 Å². The third kappa shape index (κ3) is 6.65. The summed E-state index contributed by atoms with van der Waals surface area (Å²) in [5.41, 5.74) is 5.66. The molecule has 0 unspecified atom stereocenters. The third-order valence-corrected chi connectivity index (χ3v) is 7.02. The second-order valence-corrected chi connectivity index (χ2v) is 10.6. The maximum atomic E-state index is 12.1. The Kier molecular flexibility index (Phi) is 9.00. The number of nitrogens with zero attached hydrogens (tertiary/aromatic N) is 5. The first-order chi connectivity index (χ1) is 18.3. The van der Waals surface area contributed by atoms with Crippen molar-refractivity contribution in [1.82, 2.24) is 0 Å². The first-order valence-corrected chi connectivity index (χ1v) is 13.3. The number of nitrogen functional groups attached to an aromatic ring is 1. The van der Waals surface area contributed by atoms with Crippen LogP contribution in [0.15, 0.2) is 97.0 Å². The Hall–Kier alpha value is -3.84. The van der Waals surface area contributed by atoms with Crippen LogP contribution in [-0.2, 0) is 20.2 Å². The number of phenols is 1. The van der Waals surface area contributed by atoms with E-state index in [0.29, 0.717) is 0 Å². The second kappa shape index (κ2) is 11.7. The molecule has 0 aliphatic carbocycles. The summed E-state index contributed by atoms with van der Waals surface area (Å²) in [6.07, 6.45) is 0. The molecule has 0 atom stereocenters. The van der Waals surface area contributed by atoms with Crippen LogP contribution in [0.25, 0.3) is 10.8 Å². The van der Waals surface area contributed by atoms with E-state index < -0.39 is 35.8 Å². The second-order valence-electron chi connectivity index (χ2n) is 7.78. The zero-order valence-electron chi connectivity index (χ0n) is 20.3. The normalized spacial score (nSPS) is 12.2. The summed E-state index contributed by atoms with van der Waals surface area (Å²) < 4.78 is 65.4. The number of rotatable bonds is 7. The van der Waals surface area contributed by atoms with Crippen molar-refractivity contribution in [2.75, 3.05) is 5.73 Å². The van der Waals surface area contributed by atoms with Gasteiger partial charge in [-0.25, -0.2) is 0 Å². The maximum Gasteiger partial charge on any atom is 1.00 e. The number of phenolic OH excluding ortho intramolecular Hbond substituents is 1. The van der Waals surface area contributed by atoms with Gasteiger partial charge < -0.3 is 10.8 Å². The van der Waals surface area contributed by atoms with E-state index in [1.807, 2.05) is 0 Å². The molecule has 0 bridgehead atoms. The van der Waals surface area contributed by atoms with Crippen molar-refractivity contribution >= 4 is 65.1 Å². The number of non-ortho nitro benzene ring substituents is 1. The van der Waals surface area contributed by atoms with Gasteiger partial charge in [0.15, 0.2) is 5.75 Å². The summed E-state index contributed by atoms with van der Waals surface area (Å²) in [6, 6.07) is 13.0. The van der Waals surface area contributed by atoms with Crippen molar-refractivity contribution in [3.05, 3.63) is 76.8 Å². The zero-order valence-corrected chi connectivity index (χ0v) is 23.9. The smallest absolute Gasteiger partial charge is 0.505 e. The summed E-state index contributed by atoms with van der Waals surface area (Å²) in [4.78, 5) is 9.18. The van der Waals surface area contributed by atoms with Gasteiger partial charge in [-0.05, 0) is 48.5 Å². The zero-order chi connectivity index (χ0) is 28.5. The minimum Gasteiger partial charge on any atom is -0.505 e. The molecule has 40 heavy (non-hydrogen) atoms. The Morgan fingerprint density at radius 3 is 1.77 bits per heavy atom. The average molecular weight is 596 g/mol. The predicted octanol–water partition coefficient (Wildman–Crippen LogP) is 2.36. The fraction of sp³-hybridized carbons (Fsp3) is 0. The molecule has 4 aromatic carbocycles. The number of nitro benzene ring substituents is 1. The van der Waals surface area contributed by atoms with E-state index in [4.69, 9.17) is 10.3 Å². The number of benzene rings is 4. The van der Waals surface area contributed by atoms with E-state index in [0.717, 1.165) is 18.2 Å². The van der Waals surface area contributed by atoms with Gasteiger partial charge in [0.1, 0.15) is 16.3 Å². The van der Waals surface area contributed by atoms with Crippen LogP contribution in [0, 0.1) is 10.1 Å².